The van der Waals surface area contributed by atoms with Gasteiger partial charge >= 0.3 is 0 Å². The van der Waals surface area contributed by atoms with Crippen LogP contribution in [0.25, 0.3) is 0 Å². The Labute approximate surface area is 117 Å². The minimum absolute atomic E-state index is 0.0888. The summed E-state index contributed by atoms with van der Waals surface area (Å²) in [6, 6.07) is 3.82. The highest BCUT2D eigenvalue weighted by Gasteiger charge is 2.23. The summed E-state index contributed by atoms with van der Waals surface area (Å²) in [4.78, 5) is 20.2. The van der Waals surface area contributed by atoms with E-state index in [1.54, 1.807) is 11.0 Å². The molecule has 0 aromatic carbocycles. The number of halogens is 1. The first-order valence-electron chi connectivity index (χ1n) is 6.12. The third-order valence-corrected chi connectivity index (χ3v) is 3.49. The maximum Gasteiger partial charge on any atom is 0.257 e. The molecule has 19 heavy (non-hydrogen) atoms. The summed E-state index contributed by atoms with van der Waals surface area (Å²) in [5.41, 5.74) is 1.24. The van der Waals surface area contributed by atoms with Gasteiger partial charge in [0.15, 0.2) is 0 Å². The number of hydrogen-bond donors (Lipinski definition) is 0. The number of piperazine rings is 1. The summed E-state index contributed by atoms with van der Waals surface area (Å²) in [6.45, 7) is 4.91. The number of aromatic nitrogens is 1. The molecule has 0 bridgehead atoms. The first-order chi connectivity index (χ1) is 9.11. The van der Waals surface area contributed by atoms with E-state index < -0.39 is 0 Å². The van der Waals surface area contributed by atoms with Gasteiger partial charge < -0.3 is 4.90 Å². The van der Waals surface area contributed by atoms with Gasteiger partial charge in [0.05, 0.1) is 23.2 Å². The van der Waals surface area contributed by atoms with Crippen molar-refractivity contribution in [3.63, 3.8) is 0 Å². The Kier molecular flexibility index (Phi) is 4.35. The molecule has 1 saturated heterocycles. The van der Waals surface area contributed by atoms with Crippen LogP contribution in [0.4, 0.5) is 0 Å². The van der Waals surface area contributed by atoms with Crippen molar-refractivity contribution >= 4 is 17.5 Å². The normalized spacial score (nSPS) is 16.2. The smallest absolute Gasteiger partial charge is 0.257 e. The van der Waals surface area contributed by atoms with E-state index in [1.807, 2.05) is 11.8 Å². The molecule has 0 atom stereocenters. The Morgan fingerprint density at radius 1 is 1.47 bits per heavy atom. The number of carbonyl (C=O) groups is 1. The van der Waals surface area contributed by atoms with Crippen molar-refractivity contribution in [3.8, 4) is 6.07 Å². The molecule has 0 saturated carbocycles. The van der Waals surface area contributed by atoms with Crippen molar-refractivity contribution < 1.29 is 4.79 Å². The number of carbonyl (C=O) groups excluding carboxylic acids is 1. The molecule has 0 spiro atoms. The molecule has 2 heterocycles. The van der Waals surface area contributed by atoms with Gasteiger partial charge in [0.25, 0.3) is 5.91 Å². The van der Waals surface area contributed by atoms with E-state index in [0.717, 1.165) is 18.8 Å². The molecule has 0 radical (unpaired) electrons. The predicted octanol–water partition coefficient (Wildman–Crippen LogP) is 1.32. The van der Waals surface area contributed by atoms with Gasteiger partial charge in [-0.15, -0.1) is 0 Å². The minimum atomic E-state index is -0.0888. The van der Waals surface area contributed by atoms with Crippen molar-refractivity contribution in [2.75, 3.05) is 32.7 Å². The standard InChI is InChI=1S/C13H15ClN4O/c1-10-8-12(14)11(9-16-10)13(19)18-6-4-17(3-2-15)5-7-18/h8-9H,3-7H2,1H3. The number of aryl methyl sites for hydroxylation is 1. The lowest BCUT2D eigenvalue weighted by Gasteiger charge is -2.33. The van der Waals surface area contributed by atoms with Crippen LogP contribution in [-0.4, -0.2) is 53.4 Å². The monoisotopic (exact) mass is 278 g/mol. The Bertz CT molecular complexity index is 518. The molecule has 100 valence electrons. The second kappa shape index (κ2) is 6.00. The van der Waals surface area contributed by atoms with Crippen LogP contribution in [-0.2, 0) is 0 Å². The predicted molar refractivity (Wildman–Crippen MR) is 71.9 cm³/mol. The Morgan fingerprint density at radius 3 is 2.74 bits per heavy atom. The Hall–Kier alpha value is -1.64. The number of nitriles is 1. The van der Waals surface area contributed by atoms with Gasteiger partial charge in [-0.05, 0) is 13.0 Å². The van der Waals surface area contributed by atoms with Crippen LogP contribution in [0.3, 0.4) is 0 Å². The highest BCUT2D eigenvalue weighted by Crippen LogP contribution is 2.18. The molecule has 0 aliphatic carbocycles. The summed E-state index contributed by atoms with van der Waals surface area (Å²) in [7, 11) is 0. The van der Waals surface area contributed by atoms with E-state index in [4.69, 9.17) is 16.9 Å². The summed E-state index contributed by atoms with van der Waals surface area (Å²) in [5, 5.41) is 9.08. The molecular formula is C13H15ClN4O. The first kappa shape index (κ1) is 13.8. The largest absolute Gasteiger partial charge is 0.336 e. The van der Waals surface area contributed by atoms with Crippen molar-refractivity contribution in [2.45, 2.75) is 6.92 Å². The number of amides is 1. The molecular weight excluding hydrogens is 264 g/mol. The van der Waals surface area contributed by atoms with Gasteiger partial charge in [-0.2, -0.15) is 5.26 Å². The summed E-state index contributed by atoms with van der Waals surface area (Å²) in [5.74, 6) is -0.0888. The fourth-order valence-electron chi connectivity index (χ4n) is 2.06. The molecule has 5 nitrogen and oxygen atoms in total. The highest BCUT2D eigenvalue weighted by molar-refractivity contribution is 6.33. The minimum Gasteiger partial charge on any atom is -0.336 e. The first-order valence-corrected chi connectivity index (χ1v) is 6.50. The molecule has 0 unspecified atom stereocenters. The van der Waals surface area contributed by atoms with E-state index in [2.05, 4.69) is 11.1 Å². The maximum absolute atomic E-state index is 12.3. The van der Waals surface area contributed by atoms with E-state index in [0.29, 0.717) is 30.2 Å². The maximum atomic E-state index is 12.3. The number of hydrogen-bond acceptors (Lipinski definition) is 4. The van der Waals surface area contributed by atoms with E-state index in [9.17, 15) is 4.79 Å². The number of pyridine rings is 1. The third-order valence-electron chi connectivity index (χ3n) is 3.17. The van der Waals surface area contributed by atoms with Crippen LogP contribution in [0.5, 0.6) is 0 Å². The molecule has 1 aromatic heterocycles. The van der Waals surface area contributed by atoms with Crippen molar-refractivity contribution in [3.05, 3.63) is 28.5 Å². The summed E-state index contributed by atoms with van der Waals surface area (Å²) < 4.78 is 0. The average molecular weight is 279 g/mol. The second-order valence-electron chi connectivity index (χ2n) is 4.53. The third kappa shape index (κ3) is 3.22. The van der Waals surface area contributed by atoms with Crippen LogP contribution >= 0.6 is 11.6 Å². The topological polar surface area (TPSA) is 60.2 Å². The lowest BCUT2D eigenvalue weighted by atomic mass is 10.2. The van der Waals surface area contributed by atoms with Crippen LogP contribution < -0.4 is 0 Å². The van der Waals surface area contributed by atoms with E-state index in [1.165, 1.54) is 6.20 Å². The number of rotatable bonds is 2. The van der Waals surface area contributed by atoms with Gasteiger partial charge in [0.1, 0.15) is 0 Å². The highest BCUT2D eigenvalue weighted by atomic mass is 35.5. The zero-order chi connectivity index (χ0) is 13.8. The van der Waals surface area contributed by atoms with Crippen LogP contribution in [0.15, 0.2) is 12.3 Å². The molecule has 1 amide bonds. The van der Waals surface area contributed by atoms with Crippen molar-refractivity contribution in [2.24, 2.45) is 0 Å². The Morgan fingerprint density at radius 2 is 2.16 bits per heavy atom. The quantitative estimate of drug-likeness (QED) is 0.766. The average Bonchev–Trinajstić information content (AvgIpc) is 2.39. The van der Waals surface area contributed by atoms with Gasteiger partial charge in [-0.3, -0.25) is 14.7 Å². The van der Waals surface area contributed by atoms with Gasteiger partial charge in [0, 0.05) is 38.1 Å². The second-order valence-corrected chi connectivity index (χ2v) is 4.94. The molecule has 0 N–H and O–H groups in total. The lowest BCUT2D eigenvalue weighted by Crippen LogP contribution is -2.48. The molecule has 1 aromatic rings. The zero-order valence-corrected chi connectivity index (χ0v) is 11.5. The number of nitrogens with zero attached hydrogens (tertiary/aromatic N) is 4. The molecule has 1 aliphatic heterocycles. The van der Waals surface area contributed by atoms with Gasteiger partial charge in [0.2, 0.25) is 0 Å². The van der Waals surface area contributed by atoms with Gasteiger partial charge in [-0.25, -0.2) is 0 Å². The Balaban J connectivity index is 2.03. The van der Waals surface area contributed by atoms with Crippen LogP contribution in [0, 0.1) is 18.3 Å². The summed E-state index contributed by atoms with van der Waals surface area (Å²) >= 11 is 6.08. The lowest BCUT2D eigenvalue weighted by molar-refractivity contribution is 0.0651. The van der Waals surface area contributed by atoms with Crippen LogP contribution in [0.1, 0.15) is 16.1 Å². The van der Waals surface area contributed by atoms with E-state index >= 15 is 0 Å². The van der Waals surface area contributed by atoms with Crippen LogP contribution in [0.2, 0.25) is 5.02 Å². The van der Waals surface area contributed by atoms with Gasteiger partial charge in [-0.1, -0.05) is 11.6 Å². The fourth-order valence-corrected chi connectivity index (χ4v) is 2.35. The fraction of sp³-hybridized carbons (Fsp3) is 0.462. The molecule has 6 heteroatoms. The molecule has 2 rings (SSSR count). The summed E-state index contributed by atoms with van der Waals surface area (Å²) in [6.07, 6.45) is 1.53. The molecule has 1 aliphatic rings. The molecule has 1 fully saturated rings. The SMILES string of the molecule is Cc1cc(Cl)c(C(=O)N2CCN(CC#N)CC2)cn1. The van der Waals surface area contributed by atoms with Crippen molar-refractivity contribution in [1.82, 2.24) is 14.8 Å². The van der Waals surface area contributed by atoms with E-state index in [-0.39, 0.29) is 5.91 Å². The zero-order valence-electron chi connectivity index (χ0n) is 10.8. The van der Waals surface area contributed by atoms with Crippen molar-refractivity contribution in [1.29, 1.82) is 5.26 Å².